The van der Waals surface area contributed by atoms with Crippen molar-refractivity contribution in [1.82, 2.24) is 0 Å². The summed E-state index contributed by atoms with van der Waals surface area (Å²) in [4.78, 5) is 28.8. The number of methoxy groups -OCH3 is 1. The molecule has 186 valence electrons. The maximum absolute atomic E-state index is 13.7. The summed E-state index contributed by atoms with van der Waals surface area (Å²) in [6.07, 6.45) is 4.71. The van der Waals surface area contributed by atoms with Crippen LogP contribution in [0.25, 0.3) is 0 Å². The van der Waals surface area contributed by atoms with Crippen molar-refractivity contribution in [2.45, 2.75) is 25.5 Å². The number of hydrogen-bond acceptors (Lipinski definition) is 5. The molecule has 0 saturated heterocycles. The van der Waals surface area contributed by atoms with Gasteiger partial charge in [-0.05, 0) is 54.4 Å². The van der Waals surface area contributed by atoms with E-state index in [4.69, 9.17) is 9.84 Å². The fourth-order valence-corrected chi connectivity index (χ4v) is 4.57. The first-order valence-electron chi connectivity index (χ1n) is 11.8. The Morgan fingerprint density at radius 1 is 1.06 bits per heavy atom. The summed E-state index contributed by atoms with van der Waals surface area (Å²) >= 11 is 0. The quantitative estimate of drug-likeness (QED) is 0.329. The van der Waals surface area contributed by atoms with Crippen LogP contribution >= 0.6 is 0 Å². The van der Waals surface area contributed by atoms with Crippen LogP contribution in [0.4, 0.5) is 17.1 Å². The number of aliphatic hydroxyl groups excluding tert-OH is 1. The van der Waals surface area contributed by atoms with Crippen LogP contribution in [-0.4, -0.2) is 36.2 Å². The monoisotopic (exact) mass is 486 g/mol. The van der Waals surface area contributed by atoms with Gasteiger partial charge in [0.25, 0.3) is 5.91 Å². The van der Waals surface area contributed by atoms with Crippen LogP contribution < -0.4 is 14.5 Å². The Balaban J connectivity index is 1.70. The maximum Gasteiger partial charge on any atom is 0.264 e. The number of benzene rings is 3. The van der Waals surface area contributed by atoms with Crippen molar-refractivity contribution in [3.63, 3.8) is 0 Å². The van der Waals surface area contributed by atoms with Crippen molar-refractivity contribution in [2.24, 2.45) is 5.92 Å². The van der Waals surface area contributed by atoms with Crippen molar-refractivity contribution in [1.29, 1.82) is 0 Å². The second-order valence-corrected chi connectivity index (χ2v) is 8.75. The highest BCUT2D eigenvalue weighted by Gasteiger charge is 2.52. The average molecular weight is 487 g/mol. The summed E-state index contributed by atoms with van der Waals surface area (Å²) in [6, 6.07) is 22.0. The first-order chi connectivity index (χ1) is 17.4. The molecule has 0 radical (unpaired) electrons. The molecule has 3 aromatic rings. The van der Waals surface area contributed by atoms with E-state index in [0.717, 1.165) is 17.7 Å². The normalized spacial score (nSPS) is 17.8. The number of carbonyl (C=O) groups excluding carboxylic acids is 2. The van der Waals surface area contributed by atoms with E-state index in [1.807, 2.05) is 54.6 Å². The Hall–Kier alpha value is -3.94. The molecule has 0 saturated carbocycles. The van der Waals surface area contributed by atoms with Gasteiger partial charge in [-0.2, -0.15) is 0 Å². The molecular weight excluding hydrogens is 456 g/mol. The van der Waals surface area contributed by atoms with Crippen molar-refractivity contribution in [3.8, 4) is 5.75 Å². The molecule has 0 bridgehead atoms. The number of nitrogens with zero attached hydrogens (tertiary/aromatic N) is 2. The standard InChI is InChI=1S/C29H30N2O5/c1-21(9-6-7-16-32)29(35)26-18-25(36-2)14-15-27(26)30(28(29)34)19-22-10-8-13-24(17-22)31(20-33)23-11-4-3-5-12-23/h3-6,8-15,17-18,20-21,32,35H,7,16,19H2,1-2H3/b9-6+/t21-,29+/m0/s1. The topological polar surface area (TPSA) is 90.3 Å². The number of aliphatic hydroxyl groups is 2. The lowest BCUT2D eigenvalue weighted by Crippen LogP contribution is -2.44. The number of hydrogen-bond donors (Lipinski definition) is 2. The summed E-state index contributed by atoms with van der Waals surface area (Å²) in [5.74, 6) is -0.435. The zero-order valence-electron chi connectivity index (χ0n) is 20.4. The van der Waals surface area contributed by atoms with Gasteiger partial charge in [0.1, 0.15) is 5.75 Å². The van der Waals surface area contributed by atoms with Gasteiger partial charge < -0.3 is 19.8 Å². The minimum absolute atomic E-state index is 0.0107. The van der Waals surface area contributed by atoms with E-state index < -0.39 is 17.4 Å². The average Bonchev–Trinajstić information content (AvgIpc) is 3.12. The molecule has 7 nitrogen and oxygen atoms in total. The fourth-order valence-electron chi connectivity index (χ4n) is 4.57. The maximum atomic E-state index is 13.7. The van der Waals surface area contributed by atoms with Crippen LogP contribution in [0.15, 0.2) is 84.9 Å². The molecule has 0 aromatic heterocycles. The molecule has 0 aliphatic carbocycles. The van der Waals surface area contributed by atoms with Crippen LogP contribution in [0.5, 0.6) is 5.75 Å². The molecule has 1 heterocycles. The van der Waals surface area contributed by atoms with E-state index in [2.05, 4.69) is 0 Å². The number of carbonyl (C=O) groups is 2. The molecule has 3 aromatic carbocycles. The van der Waals surface area contributed by atoms with Gasteiger partial charge in [0, 0.05) is 29.5 Å². The molecule has 36 heavy (non-hydrogen) atoms. The number of para-hydroxylation sites is 1. The van der Waals surface area contributed by atoms with Crippen LogP contribution in [0, 0.1) is 5.92 Å². The van der Waals surface area contributed by atoms with Crippen LogP contribution in [0.2, 0.25) is 0 Å². The Kier molecular flexibility index (Phi) is 7.52. The largest absolute Gasteiger partial charge is 0.497 e. The number of rotatable bonds is 10. The minimum Gasteiger partial charge on any atom is -0.497 e. The van der Waals surface area contributed by atoms with Crippen LogP contribution in [0.1, 0.15) is 24.5 Å². The van der Waals surface area contributed by atoms with Gasteiger partial charge >= 0.3 is 0 Å². The first kappa shape index (κ1) is 25.2. The van der Waals surface area contributed by atoms with Crippen molar-refractivity contribution < 1.29 is 24.5 Å². The molecular formula is C29H30N2O5. The zero-order valence-corrected chi connectivity index (χ0v) is 20.4. The summed E-state index contributed by atoms with van der Waals surface area (Å²) in [7, 11) is 1.54. The lowest BCUT2D eigenvalue weighted by molar-refractivity contribution is -0.139. The zero-order chi connectivity index (χ0) is 25.7. The van der Waals surface area contributed by atoms with E-state index in [0.29, 0.717) is 29.1 Å². The third kappa shape index (κ3) is 4.63. The third-order valence-electron chi connectivity index (χ3n) is 6.53. The SMILES string of the molecule is COc1ccc2c(c1)[C@](O)([C@@H](C)/C=C/CCO)C(=O)N2Cc1cccc(N(C=O)c2ccccc2)c1. The minimum atomic E-state index is -1.79. The Bertz CT molecular complexity index is 1260. The Morgan fingerprint density at radius 3 is 2.50 bits per heavy atom. The summed E-state index contributed by atoms with van der Waals surface area (Å²) in [5.41, 5.74) is 1.50. The van der Waals surface area contributed by atoms with Crippen LogP contribution in [0.3, 0.4) is 0 Å². The highest BCUT2D eigenvalue weighted by molar-refractivity contribution is 6.07. The molecule has 1 aliphatic heterocycles. The van der Waals surface area contributed by atoms with Crippen molar-refractivity contribution in [2.75, 3.05) is 23.5 Å². The van der Waals surface area contributed by atoms with E-state index in [1.54, 1.807) is 47.1 Å². The van der Waals surface area contributed by atoms with E-state index >= 15 is 0 Å². The van der Waals surface area contributed by atoms with Crippen LogP contribution in [-0.2, 0) is 21.7 Å². The predicted molar refractivity (Wildman–Crippen MR) is 139 cm³/mol. The number of ether oxygens (including phenoxy) is 1. The lowest BCUT2D eigenvalue weighted by Gasteiger charge is -2.28. The number of fused-ring (bicyclic) bond motifs is 1. The number of anilines is 3. The second-order valence-electron chi connectivity index (χ2n) is 8.75. The summed E-state index contributed by atoms with van der Waals surface area (Å²) < 4.78 is 5.37. The molecule has 2 N–H and O–H groups in total. The van der Waals surface area contributed by atoms with Gasteiger partial charge in [-0.15, -0.1) is 0 Å². The summed E-state index contributed by atoms with van der Waals surface area (Å²) in [6.45, 7) is 1.98. The highest BCUT2D eigenvalue weighted by atomic mass is 16.5. The lowest BCUT2D eigenvalue weighted by atomic mass is 9.83. The smallest absolute Gasteiger partial charge is 0.264 e. The van der Waals surface area contributed by atoms with Crippen molar-refractivity contribution >= 4 is 29.4 Å². The van der Waals surface area contributed by atoms with Gasteiger partial charge in [-0.3, -0.25) is 14.5 Å². The fraction of sp³-hybridized carbons (Fsp3) is 0.241. The molecule has 1 aliphatic rings. The predicted octanol–water partition coefficient (Wildman–Crippen LogP) is 4.30. The molecule has 4 rings (SSSR count). The van der Waals surface area contributed by atoms with Gasteiger partial charge in [-0.25, -0.2) is 0 Å². The summed E-state index contributed by atoms with van der Waals surface area (Å²) in [5, 5.41) is 20.9. The number of amides is 2. The third-order valence-corrected chi connectivity index (χ3v) is 6.53. The van der Waals surface area contributed by atoms with E-state index in [1.165, 1.54) is 7.11 Å². The van der Waals surface area contributed by atoms with E-state index in [-0.39, 0.29) is 13.2 Å². The first-order valence-corrected chi connectivity index (χ1v) is 11.8. The second kappa shape index (κ2) is 10.8. The van der Waals surface area contributed by atoms with E-state index in [9.17, 15) is 14.7 Å². The molecule has 7 heteroatoms. The highest BCUT2D eigenvalue weighted by Crippen LogP contribution is 2.47. The van der Waals surface area contributed by atoms with Gasteiger partial charge in [0.05, 0.1) is 19.3 Å². The molecule has 0 unspecified atom stereocenters. The van der Waals surface area contributed by atoms with Gasteiger partial charge in [0.15, 0.2) is 5.60 Å². The Morgan fingerprint density at radius 2 is 1.81 bits per heavy atom. The van der Waals surface area contributed by atoms with Crippen molar-refractivity contribution in [3.05, 3.63) is 96.1 Å². The Labute approximate surface area is 210 Å². The molecule has 0 fully saturated rings. The van der Waals surface area contributed by atoms with Gasteiger partial charge in [-0.1, -0.05) is 49.4 Å². The molecule has 0 spiro atoms. The van der Waals surface area contributed by atoms with Gasteiger partial charge in [0.2, 0.25) is 6.41 Å². The molecule has 2 atom stereocenters. The molecule has 2 amide bonds.